The first-order chi connectivity index (χ1) is 14.5. The fourth-order valence-corrected chi connectivity index (χ4v) is 4.51. The molecule has 0 radical (unpaired) electrons. The number of hydrogen-bond acceptors (Lipinski definition) is 7. The molecule has 1 spiro atoms. The van der Waals surface area contributed by atoms with Crippen molar-refractivity contribution < 1.29 is 5.11 Å². The van der Waals surface area contributed by atoms with E-state index in [0.29, 0.717) is 29.0 Å². The first-order valence-electron chi connectivity index (χ1n) is 10.2. The largest absolute Gasteiger partial charge is 0.375 e. The normalized spacial score (nSPS) is 21.2. The summed E-state index contributed by atoms with van der Waals surface area (Å²) in [5.74, 6) is 1.15. The van der Waals surface area contributed by atoms with Gasteiger partial charge in [0, 0.05) is 43.5 Å². The lowest BCUT2D eigenvalue weighted by atomic mass is 10.0. The zero-order valence-corrected chi connectivity index (χ0v) is 17.5. The zero-order chi connectivity index (χ0) is 20.9. The van der Waals surface area contributed by atoms with E-state index in [1.54, 1.807) is 18.5 Å². The molecular formula is C20H25ClN8O. The highest BCUT2D eigenvalue weighted by Gasteiger charge is 2.56. The number of fused-ring (bicyclic) bond motifs is 1. The number of aliphatic hydroxyl groups is 1. The molecule has 3 aromatic rings. The van der Waals surface area contributed by atoms with Crippen molar-refractivity contribution in [1.82, 2.24) is 29.6 Å². The average Bonchev–Trinajstić information content (AvgIpc) is 3.05. The second-order valence-electron chi connectivity index (χ2n) is 8.10. The highest BCUT2D eigenvalue weighted by molar-refractivity contribution is 6.36. The first-order valence-corrected chi connectivity index (χ1v) is 10.5. The Morgan fingerprint density at radius 2 is 2.30 bits per heavy atom. The molecule has 2 fully saturated rings. The van der Waals surface area contributed by atoms with Crippen molar-refractivity contribution >= 4 is 40.1 Å². The van der Waals surface area contributed by atoms with Crippen molar-refractivity contribution in [3.63, 3.8) is 0 Å². The molecule has 2 atom stereocenters. The highest BCUT2D eigenvalue weighted by atomic mass is 35.5. The molecule has 1 unspecified atom stereocenters. The summed E-state index contributed by atoms with van der Waals surface area (Å²) in [5.41, 5.74) is 1.63. The topological polar surface area (TPSA) is 107 Å². The quantitative estimate of drug-likeness (QED) is 0.428. The van der Waals surface area contributed by atoms with Crippen molar-refractivity contribution in [3.05, 3.63) is 36.3 Å². The number of H-pyrrole nitrogens is 1. The molecule has 0 aromatic carbocycles. The zero-order valence-electron chi connectivity index (χ0n) is 16.8. The number of anilines is 3. The standard InChI is InChI=1S/C20H25ClN8O/c1-3-15(30)28-10-14(20(11-28)5-6-20)25-18-16-13(21)8-22-17(16)26-19(27-18)24-12-7-23-29(4-2)9-12/h3,7-9,14-15,30H,1,4-6,10-11H2,2H3,(H3,22,24,25,26,27)/t14-,15?/m0/s1. The molecule has 158 valence electrons. The average molecular weight is 429 g/mol. The van der Waals surface area contributed by atoms with E-state index in [1.165, 1.54) is 0 Å². The number of nitrogens with zero attached hydrogens (tertiary/aromatic N) is 5. The number of hydrogen-bond donors (Lipinski definition) is 4. The summed E-state index contributed by atoms with van der Waals surface area (Å²) in [6.07, 6.45) is 8.57. The SMILES string of the molecule is C=CC(O)N1C[C@H](Nc2nc(Nc3cnn(CC)c3)nc3[nH]cc(Cl)c23)C2(CC2)C1. The fraction of sp³-hybridized carbons (Fsp3) is 0.450. The van der Waals surface area contributed by atoms with Gasteiger partial charge in [0.25, 0.3) is 0 Å². The van der Waals surface area contributed by atoms with Crippen molar-refractivity contribution in [2.75, 3.05) is 23.7 Å². The van der Waals surface area contributed by atoms with Gasteiger partial charge in [0.15, 0.2) is 0 Å². The number of rotatable bonds is 7. The van der Waals surface area contributed by atoms with Crippen LogP contribution in [0.25, 0.3) is 11.0 Å². The third-order valence-electron chi connectivity index (χ3n) is 6.16. The van der Waals surface area contributed by atoms with Gasteiger partial charge in [0.1, 0.15) is 17.7 Å². The van der Waals surface area contributed by atoms with Crippen molar-refractivity contribution in [2.24, 2.45) is 5.41 Å². The lowest BCUT2D eigenvalue weighted by Gasteiger charge is -2.21. The van der Waals surface area contributed by atoms with Crippen LogP contribution in [0.1, 0.15) is 19.8 Å². The van der Waals surface area contributed by atoms with Crippen LogP contribution in [-0.4, -0.2) is 60.1 Å². The number of aromatic amines is 1. The van der Waals surface area contributed by atoms with Gasteiger partial charge < -0.3 is 20.7 Å². The van der Waals surface area contributed by atoms with E-state index in [4.69, 9.17) is 16.6 Å². The lowest BCUT2D eigenvalue weighted by molar-refractivity contribution is 0.0572. The van der Waals surface area contributed by atoms with Gasteiger partial charge in [-0.3, -0.25) is 9.58 Å². The second-order valence-corrected chi connectivity index (χ2v) is 8.51. The first kappa shape index (κ1) is 19.3. The maximum absolute atomic E-state index is 10.2. The van der Waals surface area contributed by atoms with Crippen LogP contribution in [0.2, 0.25) is 5.02 Å². The van der Waals surface area contributed by atoms with Crippen LogP contribution in [0.4, 0.5) is 17.5 Å². The molecule has 1 aliphatic carbocycles. The maximum Gasteiger partial charge on any atom is 0.231 e. The number of aromatic nitrogens is 5. The van der Waals surface area contributed by atoms with Gasteiger partial charge in [-0.15, -0.1) is 0 Å². The lowest BCUT2D eigenvalue weighted by Crippen LogP contribution is -2.34. The number of likely N-dealkylation sites (tertiary alicyclic amines) is 1. The van der Waals surface area contributed by atoms with Gasteiger partial charge >= 0.3 is 0 Å². The molecular weight excluding hydrogens is 404 g/mol. The molecule has 1 saturated carbocycles. The van der Waals surface area contributed by atoms with E-state index in [0.717, 1.165) is 37.0 Å². The molecule has 5 rings (SSSR count). The van der Waals surface area contributed by atoms with Crippen LogP contribution in [0.3, 0.4) is 0 Å². The van der Waals surface area contributed by atoms with Crippen LogP contribution >= 0.6 is 11.6 Å². The summed E-state index contributed by atoms with van der Waals surface area (Å²) in [5, 5.41) is 22.7. The Labute approximate surface area is 179 Å². The summed E-state index contributed by atoms with van der Waals surface area (Å²) >= 11 is 6.44. The fourth-order valence-electron chi connectivity index (χ4n) is 4.27. The van der Waals surface area contributed by atoms with Gasteiger partial charge in [0.2, 0.25) is 5.95 Å². The molecule has 1 saturated heterocycles. The summed E-state index contributed by atoms with van der Waals surface area (Å²) in [4.78, 5) is 14.5. The monoisotopic (exact) mass is 428 g/mol. The van der Waals surface area contributed by atoms with Crippen LogP contribution in [0.15, 0.2) is 31.2 Å². The van der Waals surface area contributed by atoms with Gasteiger partial charge in [-0.1, -0.05) is 18.2 Å². The van der Waals surface area contributed by atoms with E-state index in [1.807, 2.05) is 22.7 Å². The van der Waals surface area contributed by atoms with E-state index in [-0.39, 0.29) is 11.5 Å². The Kier molecular flexibility index (Phi) is 4.68. The summed E-state index contributed by atoms with van der Waals surface area (Å²) in [6, 6.07) is 0.159. The molecule has 0 amide bonds. The van der Waals surface area contributed by atoms with Gasteiger partial charge in [-0.05, 0) is 25.8 Å². The predicted octanol–water partition coefficient (Wildman–Crippen LogP) is 2.95. The van der Waals surface area contributed by atoms with E-state index in [9.17, 15) is 5.11 Å². The van der Waals surface area contributed by atoms with Crippen LogP contribution in [-0.2, 0) is 6.54 Å². The molecule has 3 aromatic heterocycles. The van der Waals surface area contributed by atoms with Crippen molar-refractivity contribution in [1.29, 1.82) is 0 Å². The van der Waals surface area contributed by atoms with Crippen molar-refractivity contribution in [3.8, 4) is 0 Å². The molecule has 0 bridgehead atoms. The minimum Gasteiger partial charge on any atom is -0.375 e. The minimum atomic E-state index is -0.636. The maximum atomic E-state index is 10.2. The Hall–Kier alpha value is -2.62. The molecule has 2 aliphatic rings. The Morgan fingerprint density at radius 3 is 3.00 bits per heavy atom. The number of aliphatic hydroxyl groups excluding tert-OH is 1. The van der Waals surface area contributed by atoms with Gasteiger partial charge in [-0.2, -0.15) is 15.1 Å². The van der Waals surface area contributed by atoms with E-state index >= 15 is 0 Å². The molecule has 1 aliphatic heterocycles. The van der Waals surface area contributed by atoms with Gasteiger partial charge in [0.05, 0.1) is 22.3 Å². The minimum absolute atomic E-state index is 0.153. The Balaban J connectivity index is 1.46. The Bertz CT molecular complexity index is 1090. The van der Waals surface area contributed by atoms with Crippen molar-refractivity contribution in [2.45, 2.75) is 38.6 Å². The summed E-state index contributed by atoms with van der Waals surface area (Å²) < 4.78 is 1.83. The van der Waals surface area contributed by atoms with Gasteiger partial charge in [-0.25, -0.2) is 0 Å². The predicted molar refractivity (Wildman–Crippen MR) is 117 cm³/mol. The molecule has 9 nitrogen and oxygen atoms in total. The van der Waals surface area contributed by atoms with Crippen LogP contribution in [0.5, 0.6) is 0 Å². The molecule has 4 heterocycles. The van der Waals surface area contributed by atoms with Crippen LogP contribution < -0.4 is 10.6 Å². The smallest absolute Gasteiger partial charge is 0.231 e. The molecule has 30 heavy (non-hydrogen) atoms. The molecule has 10 heteroatoms. The highest BCUT2D eigenvalue weighted by Crippen LogP contribution is 2.54. The van der Waals surface area contributed by atoms with Crippen LogP contribution in [0, 0.1) is 5.41 Å². The van der Waals surface area contributed by atoms with E-state index in [2.05, 4.69) is 32.3 Å². The Morgan fingerprint density at radius 1 is 1.47 bits per heavy atom. The second kappa shape index (κ2) is 7.26. The third-order valence-corrected chi connectivity index (χ3v) is 6.46. The number of halogens is 1. The number of aryl methyl sites for hydroxylation is 1. The van der Waals surface area contributed by atoms with E-state index < -0.39 is 6.23 Å². The third kappa shape index (κ3) is 3.32. The number of nitrogens with one attached hydrogen (secondary N) is 3. The molecule has 4 N–H and O–H groups in total. The summed E-state index contributed by atoms with van der Waals surface area (Å²) in [6.45, 7) is 8.10. The summed E-state index contributed by atoms with van der Waals surface area (Å²) in [7, 11) is 0.